The minimum Gasteiger partial charge on any atom is -0.352 e. The summed E-state index contributed by atoms with van der Waals surface area (Å²) in [7, 11) is 5.84. The van der Waals surface area contributed by atoms with Gasteiger partial charge in [-0.05, 0) is 50.6 Å². The fourth-order valence-corrected chi connectivity index (χ4v) is 4.07. The molecule has 0 atom stereocenters. The lowest BCUT2D eigenvalue weighted by Gasteiger charge is -2.29. The fraction of sp³-hybridized carbons (Fsp3) is 0.296. The van der Waals surface area contributed by atoms with Gasteiger partial charge in [-0.1, -0.05) is 66.3 Å². The van der Waals surface area contributed by atoms with E-state index < -0.39 is 0 Å². The van der Waals surface area contributed by atoms with Crippen molar-refractivity contribution in [3.8, 4) is 5.69 Å². The predicted octanol–water partition coefficient (Wildman–Crippen LogP) is 4.94. The van der Waals surface area contributed by atoms with Gasteiger partial charge in [-0.3, -0.25) is 9.59 Å². The normalized spacial score (nSPS) is 12.9. The first-order valence-electron chi connectivity index (χ1n) is 11.9. The summed E-state index contributed by atoms with van der Waals surface area (Å²) < 4.78 is 1.57. The molecule has 0 saturated carbocycles. The van der Waals surface area contributed by atoms with Crippen LogP contribution in [0.2, 0.25) is 10.0 Å². The number of hydrogen-bond acceptors (Lipinski definition) is 4. The van der Waals surface area contributed by atoms with E-state index >= 15 is 0 Å². The molecule has 1 amide bonds. The third kappa shape index (κ3) is 6.02. The summed E-state index contributed by atoms with van der Waals surface area (Å²) in [6.07, 6.45) is 2.39. The highest BCUT2D eigenvalue weighted by molar-refractivity contribution is 6.42. The SMILES string of the molecule is CC.[B]c1ccc(-n2c(NC/C(C)=C/C)nc3c(c2=O)CCN(C(=O)c2ccc(Cl)c(Cl)c2)C3)cc1. The van der Waals surface area contributed by atoms with E-state index in [0.29, 0.717) is 63.5 Å². The summed E-state index contributed by atoms with van der Waals surface area (Å²) in [6, 6.07) is 11.9. The van der Waals surface area contributed by atoms with Gasteiger partial charge >= 0.3 is 0 Å². The number of nitrogens with zero attached hydrogens (tertiary/aromatic N) is 3. The van der Waals surface area contributed by atoms with Gasteiger partial charge in [0.25, 0.3) is 11.5 Å². The molecule has 3 aromatic rings. The third-order valence-corrected chi connectivity index (χ3v) is 6.60. The molecule has 2 heterocycles. The summed E-state index contributed by atoms with van der Waals surface area (Å²) in [5, 5.41) is 3.98. The Labute approximate surface area is 223 Å². The van der Waals surface area contributed by atoms with E-state index in [1.54, 1.807) is 51.9 Å². The highest BCUT2D eigenvalue weighted by Gasteiger charge is 2.27. The van der Waals surface area contributed by atoms with E-state index in [0.717, 1.165) is 5.57 Å². The number of allylic oxidation sites excluding steroid dienone is 1. The van der Waals surface area contributed by atoms with Crippen molar-refractivity contribution >= 4 is 48.4 Å². The van der Waals surface area contributed by atoms with Gasteiger partial charge in [-0.15, -0.1) is 0 Å². The Morgan fingerprint density at radius 3 is 2.47 bits per heavy atom. The molecule has 0 unspecified atom stereocenters. The maximum Gasteiger partial charge on any atom is 0.263 e. The fourth-order valence-electron chi connectivity index (χ4n) is 3.78. The zero-order chi connectivity index (χ0) is 26.4. The predicted molar refractivity (Wildman–Crippen MR) is 149 cm³/mol. The summed E-state index contributed by atoms with van der Waals surface area (Å²) >= 11 is 12.1. The number of aromatic nitrogens is 2. The number of nitrogens with one attached hydrogen (secondary N) is 1. The molecule has 4 rings (SSSR count). The first kappa shape index (κ1) is 27.6. The van der Waals surface area contributed by atoms with Gasteiger partial charge in [0, 0.05) is 24.2 Å². The van der Waals surface area contributed by atoms with Gasteiger partial charge in [0.1, 0.15) is 7.85 Å². The Morgan fingerprint density at radius 2 is 1.83 bits per heavy atom. The van der Waals surface area contributed by atoms with Crippen molar-refractivity contribution in [3.05, 3.63) is 91.3 Å². The quantitative estimate of drug-likeness (QED) is 0.381. The van der Waals surface area contributed by atoms with Gasteiger partial charge in [0.2, 0.25) is 5.95 Å². The molecule has 0 spiro atoms. The molecule has 1 aromatic heterocycles. The lowest BCUT2D eigenvalue weighted by atomic mass is 9.96. The minimum atomic E-state index is -0.187. The lowest BCUT2D eigenvalue weighted by molar-refractivity contribution is 0.0731. The average molecular weight is 523 g/mol. The maximum atomic E-state index is 13.6. The molecular formula is C27H29BCl2N4O2. The average Bonchev–Trinajstić information content (AvgIpc) is 2.90. The van der Waals surface area contributed by atoms with Crippen LogP contribution in [0.4, 0.5) is 5.95 Å². The van der Waals surface area contributed by atoms with Crippen molar-refractivity contribution in [2.75, 3.05) is 18.4 Å². The number of rotatable bonds is 5. The minimum absolute atomic E-state index is 0.156. The van der Waals surface area contributed by atoms with Crippen LogP contribution in [-0.4, -0.2) is 41.3 Å². The van der Waals surface area contributed by atoms with E-state index in [2.05, 4.69) is 5.32 Å². The van der Waals surface area contributed by atoms with E-state index in [9.17, 15) is 9.59 Å². The first-order chi connectivity index (χ1) is 17.3. The van der Waals surface area contributed by atoms with Crippen molar-refractivity contribution in [2.45, 2.75) is 40.7 Å². The molecule has 1 aliphatic heterocycles. The number of fused-ring (bicyclic) bond motifs is 1. The summed E-state index contributed by atoms with van der Waals surface area (Å²) in [5.41, 5.74) is 3.85. The second-order valence-corrected chi connectivity index (χ2v) is 9.00. The molecule has 0 saturated heterocycles. The zero-order valence-electron chi connectivity index (χ0n) is 20.9. The van der Waals surface area contributed by atoms with Crippen LogP contribution in [0.1, 0.15) is 49.3 Å². The van der Waals surface area contributed by atoms with Crippen LogP contribution >= 0.6 is 23.2 Å². The van der Waals surface area contributed by atoms with Crippen LogP contribution in [0.15, 0.2) is 58.9 Å². The number of halogens is 2. The molecule has 186 valence electrons. The molecule has 1 N–H and O–H groups in total. The van der Waals surface area contributed by atoms with E-state index in [1.807, 2.05) is 33.8 Å². The Kier molecular flexibility index (Phi) is 9.40. The van der Waals surface area contributed by atoms with Crippen LogP contribution in [0.5, 0.6) is 0 Å². The zero-order valence-corrected chi connectivity index (χ0v) is 22.5. The molecular weight excluding hydrogens is 494 g/mol. The number of benzene rings is 2. The Bertz CT molecular complexity index is 1340. The number of carbonyl (C=O) groups excluding carboxylic acids is 1. The molecule has 1 aliphatic rings. The van der Waals surface area contributed by atoms with Crippen molar-refractivity contribution in [2.24, 2.45) is 0 Å². The highest BCUT2D eigenvalue weighted by atomic mass is 35.5. The number of hydrogen-bond donors (Lipinski definition) is 1. The van der Waals surface area contributed by atoms with Gasteiger partial charge < -0.3 is 10.2 Å². The van der Waals surface area contributed by atoms with E-state index in [1.165, 1.54) is 0 Å². The standard InChI is InChI=1S/C25H23BCl2N4O2.C2H6/c1-3-15(2)13-29-25-30-22-14-31(23(33)16-4-9-20(27)21(28)12-16)11-10-19(22)24(34)32(25)18-7-5-17(26)6-8-18;1-2/h3-9,12H,10-11,13-14H2,1-2H3,(H,29,30);1-2H3/b15-3+;. The van der Waals surface area contributed by atoms with Gasteiger partial charge in [0.15, 0.2) is 0 Å². The van der Waals surface area contributed by atoms with E-state index in [-0.39, 0.29) is 18.0 Å². The van der Waals surface area contributed by atoms with Crippen molar-refractivity contribution in [1.82, 2.24) is 14.5 Å². The third-order valence-electron chi connectivity index (χ3n) is 5.86. The number of anilines is 1. The van der Waals surface area contributed by atoms with Crippen LogP contribution in [-0.2, 0) is 13.0 Å². The Balaban J connectivity index is 0.00000176. The number of amides is 1. The lowest BCUT2D eigenvalue weighted by Crippen LogP contribution is -2.41. The molecule has 0 fully saturated rings. The highest BCUT2D eigenvalue weighted by Crippen LogP contribution is 2.25. The second kappa shape index (κ2) is 12.3. The second-order valence-electron chi connectivity index (χ2n) is 8.19. The molecule has 2 aromatic carbocycles. The first-order valence-corrected chi connectivity index (χ1v) is 12.6. The largest absolute Gasteiger partial charge is 0.352 e. The van der Waals surface area contributed by atoms with Crippen LogP contribution in [0, 0.1) is 0 Å². The topological polar surface area (TPSA) is 67.2 Å². The monoisotopic (exact) mass is 522 g/mol. The molecule has 6 nitrogen and oxygen atoms in total. The van der Waals surface area contributed by atoms with Crippen LogP contribution in [0.3, 0.4) is 0 Å². The molecule has 9 heteroatoms. The number of carbonyl (C=O) groups is 1. The van der Waals surface area contributed by atoms with E-state index in [4.69, 9.17) is 36.0 Å². The van der Waals surface area contributed by atoms with Crippen molar-refractivity contribution in [1.29, 1.82) is 0 Å². The molecule has 0 aliphatic carbocycles. The van der Waals surface area contributed by atoms with Gasteiger partial charge in [-0.2, -0.15) is 0 Å². The Hall–Kier alpha value is -3.03. The molecule has 0 bridgehead atoms. The molecule has 2 radical (unpaired) electrons. The van der Waals surface area contributed by atoms with Crippen LogP contribution in [0.25, 0.3) is 5.69 Å². The Morgan fingerprint density at radius 1 is 1.14 bits per heavy atom. The molecule has 36 heavy (non-hydrogen) atoms. The maximum absolute atomic E-state index is 13.6. The van der Waals surface area contributed by atoms with Crippen molar-refractivity contribution in [3.63, 3.8) is 0 Å². The van der Waals surface area contributed by atoms with Gasteiger partial charge in [-0.25, -0.2) is 9.55 Å². The summed E-state index contributed by atoms with van der Waals surface area (Å²) in [5.74, 6) is 0.228. The summed E-state index contributed by atoms with van der Waals surface area (Å²) in [4.78, 5) is 33.1. The van der Waals surface area contributed by atoms with Crippen LogP contribution < -0.4 is 16.3 Å². The van der Waals surface area contributed by atoms with Crippen molar-refractivity contribution < 1.29 is 4.79 Å². The van der Waals surface area contributed by atoms with Gasteiger partial charge in [0.05, 0.1) is 28.0 Å². The smallest absolute Gasteiger partial charge is 0.263 e. The summed E-state index contributed by atoms with van der Waals surface area (Å²) in [6.45, 7) is 9.10.